The van der Waals surface area contributed by atoms with E-state index in [0.29, 0.717) is 10.8 Å². The lowest BCUT2D eigenvalue weighted by molar-refractivity contribution is 0.454. The molecule has 1 aromatic carbocycles. The van der Waals surface area contributed by atoms with Crippen molar-refractivity contribution in [3.05, 3.63) is 56.2 Å². The summed E-state index contributed by atoms with van der Waals surface area (Å²) in [7, 11) is 1.38. The number of ether oxygens (including phenoxy) is 1. The number of nitrogens with zero attached hydrogens (tertiary/aromatic N) is 1. The second-order valence-electron chi connectivity index (χ2n) is 3.40. The molecule has 1 N–H and O–H groups in total. The molecule has 0 aliphatic carbocycles. The van der Waals surface area contributed by atoms with Crippen LogP contribution in [0.3, 0.4) is 0 Å². The lowest BCUT2D eigenvalue weighted by atomic mass is 10.3. The lowest BCUT2D eigenvalue weighted by Crippen LogP contribution is -2.31. The monoisotopic (exact) mass is 252 g/mol. The third kappa shape index (κ3) is 2.57. The highest BCUT2D eigenvalue weighted by atomic mass is 35.5. The predicted molar refractivity (Wildman–Crippen MR) is 63.8 cm³/mol. The highest BCUT2D eigenvalue weighted by Gasteiger charge is 2.03. The molecule has 0 amide bonds. The average molecular weight is 253 g/mol. The minimum absolute atomic E-state index is 0.0837. The highest BCUT2D eigenvalue weighted by Crippen LogP contribution is 2.21. The molecule has 2 rings (SSSR count). The quantitative estimate of drug-likeness (QED) is 0.881. The molecule has 1 heterocycles. The van der Waals surface area contributed by atoms with E-state index >= 15 is 0 Å². The number of hydrogen-bond acceptors (Lipinski definition) is 3. The molecule has 5 nitrogen and oxygen atoms in total. The van der Waals surface area contributed by atoms with Gasteiger partial charge in [-0.05, 0) is 18.2 Å². The third-order valence-corrected chi connectivity index (χ3v) is 2.38. The van der Waals surface area contributed by atoms with Crippen LogP contribution in [0, 0.1) is 0 Å². The van der Waals surface area contributed by atoms with Crippen LogP contribution >= 0.6 is 11.6 Å². The molecule has 0 atom stereocenters. The van der Waals surface area contributed by atoms with Crippen molar-refractivity contribution in [2.24, 2.45) is 7.05 Å². The summed E-state index contributed by atoms with van der Waals surface area (Å²) in [5, 5.41) is 0.508. The first kappa shape index (κ1) is 11.5. The maximum absolute atomic E-state index is 11.4. The van der Waals surface area contributed by atoms with E-state index in [1.54, 1.807) is 24.3 Å². The van der Waals surface area contributed by atoms with Crippen molar-refractivity contribution in [2.45, 2.75) is 0 Å². The zero-order valence-corrected chi connectivity index (χ0v) is 9.69. The molecule has 0 fully saturated rings. The van der Waals surface area contributed by atoms with Crippen molar-refractivity contribution in [1.82, 2.24) is 9.55 Å². The average Bonchev–Trinajstić information content (AvgIpc) is 2.26. The molecule has 0 saturated heterocycles. The Morgan fingerprint density at radius 1 is 1.29 bits per heavy atom. The normalized spacial score (nSPS) is 10.2. The van der Waals surface area contributed by atoms with Crippen molar-refractivity contribution in [3.63, 3.8) is 0 Å². The Morgan fingerprint density at radius 2 is 2.06 bits per heavy atom. The molecule has 1 aromatic heterocycles. The van der Waals surface area contributed by atoms with Gasteiger partial charge >= 0.3 is 5.69 Å². The number of rotatable bonds is 2. The molecule has 0 aliphatic rings. The van der Waals surface area contributed by atoms with Crippen LogP contribution in [0.15, 0.2) is 39.9 Å². The van der Waals surface area contributed by atoms with Crippen molar-refractivity contribution in [2.75, 3.05) is 0 Å². The van der Waals surface area contributed by atoms with Crippen LogP contribution in [-0.2, 0) is 7.05 Å². The summed E-state index contributed by atoms with van der Waals surface area (Å²) >= 11 is 5.78. The number of hydrogen-bond donors (Lipinski definition) is 1. The largest absolute Gasteiger partial charge is 0.441 e. The standard InChI is InChI=1S/C11H9ClN2O3/c1-14-10(15)6-9(13-11(14)16)17-8-4-2-3-7(12)5-8/h2-6H,1H3,(H,13,16). The van der Waals surface area contributed by atoms with Crippen molar-refractivity contribution in [1.29, 1.82) is 0 Å². The van der Waals surface area contributed by atoms with Gasteiger partial charge in [0.1, 0.15) is 5.75 Å². The van der Waals surface area contributed by atoms with Gasteiger partial charge in [-0.25, -0.2) is 4.79 Å². The SMILES string of the molecule is Cn1c(=O)cc(Oc2cccc(Cl)c2)[nH]c1=O. The van der Waals surface area contributed by atoms with Gasteiger partial charge in [0.25, 0.3) is 5.56 Å². The molecule has 0 saturated carbocycles. The molecule has 17 heavy (non-hydrogen) atoms. The van der Waals surface area contributed by atoms with E-state index in [1.165, 1.54) is 13.1 Å². The van der Waals surface area contributed by atoms with E-state index in [9.17, 15) is 9.59 Å². The Hall–Kier alpha value is -2.01. The van der Waals surface area contributed by atoms with Gasteiger partial charge in [-0.15, -0.1) is 0 Å². The van der Waals surface area contributed by atoms with E-state index in [-0.39, 0.29) is 5.88 Å². The number of aromatic nitrogens is 2. The molecule has 6 heteroatoms. The number of benzene rings is 1. The fourth-order valence-corrected chi connectivity index (χ4v) is 1.43. The van der Waals surface area contributed by atoms with Crippen molar-refractivity contribution in [3.8, 4) is 11.6 Å². The zero-order valence-electron chi connectivity index (χ0n) is 8.94. The molecule has 0 radical (unpaired) electrons. The maximum Gasteiger partial charge on any atom is 0.330 e. The second-order valence-corrected chi connectivity index (χ2v) is 3.83. The Labute approximate surface area is 101 Å². The summed E-state index contributed by atoms with van der Waals surface area (Å²) < 4.78 is 6.27. The van der Waals surface area contributed by atoms with Gasteiger partial charge in [-0.2, -0.15) is 0 Å². The van der Waals surface area contributed by atoms with Crippen LogP contribution in [0.1, 0.15) is 0 Å². The zero-order chi connectivity index (χ0) is 12.4. The fraction of sp³-hybridized carbons (Fsp3) is 0.0909. The topological polar surface area (TPSA) is 64.1 Å². The third-order valence-electron chi connectivity index (χ3n) is 2.14. The second kappa shape index (κ2) is 4.47. The molecular formula is C11H9ClN2O3. The van der Waals surface area contributed by atoms with Crippen LogP contribution in [0.5, 0.6) is 11.6 Å². The molecule has 0 aliphatic heterocycles. The van der Waals surface area contributed by atoms with E-state index in [1.807, 2.05) is 0 Å². The van der Waals surface area contributed by atoms with Gasteiger partial charge < -0.3 is 4.74 Å². The van der Waals surface area contributed by atoms with Crippen molar-refractivity contribution >= 4 is 11.6 Å². The molecule has 88 valence electrons. The van der Waals surface area contributed by atoms with Crippen LogP contribution < -0.4 is 16.0 Å². The van der Waals surface area contributed by atoms with Crippen LogP contribution in [0.2, 0.25) is 5.02 Å². The summed E-state index contributed by atoms with van der Waals surface area (Å²) in [5.41, 5.74) is -0.972. The number of nitrogens with one attached hydrogen (secondary N) is 1. The molecule has 0 spiro atoms. The Kier molecular flexibility index (Phi) is 3.01. The van der Waals surface area contributed by atoms with Gasteiger partial charge in [-0.3, -0.25) is 14.3 Å². The van der Waals surface area contributed by atoms with E-state index in [2.05, 4.69) is 4.98 Å². The maximum atomic E-state index is 11.4. The first-order valence-corrected chi connectivity index (χ1v) is 5.18. The molecule has 2 aromatic rings. The van der Waals surface area contributed by atoms with Gasteiger partial charge in [0, 0.05) is 12.1 Å². The van der Waals surface area contributed by atoms with Crippen LogP contribution in [-0.4, -0.2) is 9.55 Å². The molecule has 0 bridgehead atoms. The highest BCUT2D eigenvalue weighted by molar-refractivity contribution is 6.30. The fourth-order valence-electron chi connectivity index (χ4n) is 1.25. The summed E-state index contributed by atoms with van der Waals surface area (Å²) in [4.78, 5) is 25.1. The smallest absolute Gasteiger partial charge is 0.330 e. The minimum atomic E-state index is -0.533. The first-order valence-electron chi connectivity index (χ1n) is 4.80. The predicted octanol–water partition coefficient (Wildman–Crippen LogP) is 1.52. The van der Waals surface area contributed by atoms with E-state index in [4.69, 9.17) is 16.3 Å². The minimum Gasteiger partial charge on any atom is -0.441 e. The summed E-state index contributed by atoms with van der Waals surface area (Å²) in [5.74, 6) is 0.529. The molecular weight excluding hydrogens is 244 g/mol. The number of aromatic amines is 1. The number of halogens is 1. The summed E-state index contributed by atoms with van der Waals surface area (Å²) in [6.45, 7) is 0. The molecule has 0 unspecified atom stereocenters. The summed E-state index contributed by atoms with van der Waals surface area (Å²) in [6, 6.07) is 7.85. The lowest BCUT2D eigenvalue weighted by Gasteiger charge is -2.05. The van der Waals surface area contributed by atoms with E-state index < -0.39 is 11.2 Å². The van der Waals surface area contributed by atoms with Gasteiger partial charge in [0.2, 0.25) is 5.88 Å². The Morgan fingerprint density at radius 3 is 2.71 bits per heavy atom. The van der Waals surface area contributed by atoms with Gasteiger partial charge in [0.15, 0.2) is 0 Å². The van der Waals surface area contributed by atoms with E-state index in [0.717, 1.165) is 4.57 Å². The van der Waals surface area contributed by atoms with Gasteiger partial charge in [0.05, 0.1) is 6.07 Å². The van der Waals surface area contributed by atoms with Crippen LogP contribution in [0.4, 0.5) is 0 Å². The summed E-state index contributed by atoms with van der Waals surface area (Å²) in [6.07, 6.45) is 0. The van der Waals surface area contributed by atoms with Gasteiger partial charge in [-0.1, -0.05) is 17.7 Å². The Bertz CT molecular complexity index is 629. The van der Waals surface area contributed by atoms with Crippen LogP contribution in [0.25, 0.3) is 0 Å². The number of H-pyrrole nitrogens is 1. The van der Waals surface area contributed by atoms with Crippen molar-refractivity contribution < 1.29 is 4.74 Å². The first-order chi connectivity index (χ1) is 8.06. The Balaban J connectivity index is 2.37.